The van der Waals surface area contributed by atoms with Crippen molar-refractivity contribution in [2.45, 2.75) is 19.8 Å². The Bertz CT molecular complexity index is 345. The van der Waals surface area contributed by atoms with Crippen LogP contribution in [-0.4, -0.2) is 11.2 Å². The van der Waals surface area contributed by atoms with Crippen molar-refractivity contribution in [3.63, 3.8) is 0 Å². The van der Waals surface area contributed by atoms with E-state index in [0.717, 1.165) is 12.0 Å². The summed E-state index contributed by atoms with van der Waals surface area (Å²) in [5, 5.41) is 7.15. The fourth-order valence-corrected chi connectivity index (χ4v) is 1.20. The molecule has 1 aromatic rings. The van der Waals surface area contributed by atoms with Crippen molar-refractivity contribution in [3.05, 3.63) is 41.5 Å². The van der Waals surface area contributed by atoms with Crippen LogP contribution in [-0.2, 0) is 6.42 Å². The Morgan fingerprint density at radius 3 is 2.93 bits per heavy atom. The predicted molar refractivity (Wildman–Crippen MR) is 55.1 cm³/mol. The number of nitrogens with zero attached hydrogens (tertiary/aromatic N) is 1. The highest BCUT2D eigenvalue weighted by Crippen LogP contribution is 2.05. The lowest BCUT2D eigenvalue weighted by Gasteiger charge is -2.00. The number of pyridine rings is 1. The lowest BCUT2D eigenvalue weighted by atomic mass is 10.1. The molecule has 0 atom stereocenters. The van der Waals surface area contributed by atoms with Gasteiger partial charge in [-0.15, -0.1) is 0 Å². The number of nitrogens with one attached hydrogen (secondary N) is 1. The van der Waals surface area contributed by atoms with E-state index in [1.165, 1.54) is 12.3 Å². The van der Waals surface area contributed by atoms with Gasteiger partial charge in [-0.3, -0.25) is 0 Å². The van der Waals surface area contributed by atoms with E-state index in [2.05, 4.69) is 4.98 Å². The Kier molecular flexibility index (Phi) is 3.98. The Balaban J connectivity index is 2.77. The molecule has 3 heteroatoms. The molecular weight excluding hydrogens is 179 g/mol. The van der Waals surface area contributed by atoms with Crippen LogP contribution in [0.3, 0.4) is 0 Å². The van der Waals surface area contributed by atoms with Gasteiger partial charge in [-0.2, -0.15) is 4.39 Å². The first-order valence-electron chi connectivity index (χ1n) is 4.57. The lowest BCUT2D eigenvalue weighted by Crippen LogP contribution is -1.96. The van der Waals surface area contributed by atoms with Gasteiger partial charge in [0.1, 0.15) is 0 Å². The first kappa shape index (κ1) is 10.6. The zero-order valence-electron chi connectivity index (χ0n) is 8.13. The molecule has 0 saturated heterocycles. The summed E-state index contributed by atoms with van der Waals surface area (Å²) in [4.78, 5) is 3.73. The summed E-state index contributed by atoms with van der Waals surface area (Å²) in [6.45, 7) is 2.00. The molecule has 1 N–H and O–H groups in total. The van der Waals surface area contributed by atoms with E-state index < -0.39 is 5.95 Å². The molecule has 14 heavy (non-hydrogen) atoms. The third-order valence-electron chi connectivity index (χ3n) is 1.81. The van der Waals surface area contributed by atoms with Crippen LogP contribution >= 0.6 is 0 Å². The number of hydrogen-bond donors (Lipinski definition) is 1. The summed E-state index contributed by atoms with van der Waals surface area (Å²) in [5.74, 6) is -0.469. The van der Waals surface area contributed by atoms with E-state index in [9.17, 15) is 4.39 Å². The summed E-state index contributed by atoms with van der Waals surface area (Å²) >= 11 is 0. The molecule has 0 aliphatic heterocycles. The van der Waals surface area contributed by atoms with Gasteiger partial charge in [0.15, 0.2) is 0 Å². The molecule has 0 bridgehead atoms. The minimum absolute atomic E-state index is 0.469. The fraction of sp³-hybridized carbons (Fsp3) is 0.273. The topological polar surface area (TPSA) is 36.7 Å². The third-order valence-corrected chi connectivity index (χ3v) is 1.81. The minimum atomic E-state index is -0.469. The first-order chi connectivity index (χ1) is 6.76. The molecule has 0 aliphatic rings. The van der Waals surface area contributed by atoms with Crippen molar-refractivity contribution in [3.8, 4) is 0 Å². The highest BCUT2D eigenvalue weighted by atomic mass is 19.1. The second kappa shape index (κ2) is 5.27. The quantitative estimate of drug-likeness (QED) is 0.578. The summed E-state index contributed by atoms with van der Waals surface area (Å²) in [5.41, 5.74) is 1.53. The SMILES string of the molecule is CC/C=C(\C=N)Cc1cccc(F)n1. The third kappa shape index (κ3) is 3.09. The van der Waals surface area contributed by atoms with Gasteiger partial charge in [0.25, 0.3) is 0 Å². The Hall–Kier alpha value is -1.51. The second-order valence-electron chi connectivity index (χ2n) is 2.96. The van der Waals surface area contributed by atoms with Gasteiger partial charge in [0.2, 0.25) is 5.95 Å². The highest BCUT2D eigenvalue weighted by Gasteiger charge is 1.99. The van der Waals surface area contributed by atoms with Crippen LogP contribution in [0.4, 0.5) is 4.39 Å². The molecule has 1 heterocycles. The van der Waals surface area contributed by atoms with Gasteiger partial charge in [0, 0.05) is 18.3 Å². The van der Waals surface area contributed by atoms with E-state index in [1.54, 1.807) is 12.1 Å². The van der Waals surface area contributed by atoms with Gasteiger partial charge < -0.3 is 5.41 Å². The van der Waals surface area contributed by atoms with Crippen molar-refractivity contribution in [1.29, 1.82) is 5.41 Å². The standard InChI is InChI=1S/C11H13FN2/c1-2-4-9(8-13)7-10-5-3-6-11(12)14-10/h3-6,8,13H,2,7H2,1H3/b9-4-,13-8?. The minimum Gasteiger partial charge on any atom is -0.308 e. The molecular formula is C11H13FN2. The summed E-state index contributed by atoms with van der Waals surface area (Å²) in [6, 6.07) is 4.71. The zero-order chi connectivity index (χ0) is 10.4. The summed E-state index contributed by atoms with van der Waals surface area (Å²) < 4.78 is 12.7. The van der Waals surface area contributed by atoms with Gasteiger partial charge in [-0.05, 0) is 24.1 Å². The van der Waals surface area contributed by atoms with Crippen LogP contribution in [0, 0.1) is 11.4 Å². The monoisotopic (exact) mass is 192 g/mol. The van der Waals surface area contributed by atoms with Crippen molar-refractivity contribution in [1.82, 2.24) is 4.98 Å². The number of hydrogen-bond acceptors (Lipinski definition) is 2. The van der Waals surface area contributed by atoms with E-state index in [0.29, 0.717) is 12.1 Å². The van der Waals surface area contributed by atoms with Crippen molar-refractivity contribution in [2.75, 3.05) is 0 Å². The molecule has 2 nitrogen and oxygen atoms in total. The molecule has 0 fully saturated rings. The van der Waals surface area contributed by atoms with Gasteiger partial charge in [-0.25, -0.2) is 4.98 Å². The van der Waals surface area contributed by atoms with Crippen molar-refractivity contribution < 1.29 is 4.39 Å². The molecule has 0 amide bonds. The summed E-state index contributed by atoms with van der Waals surface area (Å²) in [7, 11) is 0. The molecule has 0 saturated carbocycles. The largest absolute Gasteiger partial charge is 0.308 e. The first-order valence-corrected chi connectivity index (χ1v) is 4.57. The molecule has 0 spiro atoms. The molecule has 1 rings (SSSR count). The van der Waals surface area contributed by atoms with Gasteiger partial charge in [0.05, 0.1) is 0 Å². The van der Waals surface area contributed by atoms with Crippen LogP contribution in [0.1, 0.15) is 19.0 Å². The maximum Gasteiger partial charge on any atom is 0.213 e. The molecule has 74 valence electrons. The molecule has 1 aromatic heterocycles. The molecule has 0 radical (unpaired) electrons. The maximum absolute atomic E-state index is 12.7. The van der Waals surface area contributed by atoms with E-state index in [1.807, 2.05) is 13.0 Å². The second-order valence-corrected chi connectivity index (χ2v) is 2.96. The Morgan fingerprint density at radius 1 is 1.57 bits per heavy atom. The lowest BCUT2D eigenvalue weighted by molar-refractivity contribution is 0.578. The van der Waals surface area contributed by atoms with Gasteiger partial charge in [-0.1, -0.05) is 19.1 Å². The number of halogens is 1. The van der Waals surface area contributed by atoms with Crippen molar-refractivity contribution >= 4 is 6.21 Å². The molecule has 0 aliphatic carbocycles. The summed E-state index contributed by atoms with van der Waals surface area (Å²) in [6.07, 6.45) is 4.63. The molecule has 0 unspecified atom stereocenters. The van der Waals surface area contributed by atoms with Gasteiger partial charge >= 0.3 is 0 Å². The van der Waals surface area contributed by atoms with E-state index in [-0.39, 0.29) is 0 Å². The van der Waals surface area contributed by atoms with Crippen LogP contribution in [0.15, 0.2) is 29.8 Å². The van der Waals surface area contributed by atoms with E-state index in [4.69, 9.17) is 5.41 Å². The Morgan fingerprint density at radius 2 is 2.36 bits per heavy atom. The predicted octanol–water partition coefficient (Wildman–Crippen LogP) is 2.75. The fourth-order valence-electron chi connectivity index (χ4n) is 1.20. The Labute approximate surface area is 83.0 Å². The van der Waals surface area contributed by atoms with Crippen molar-refractivity contribution in [2.24, 2.45) is 0 Å². The normalized spacial score (nSPS) is 11.4. The van der Waals surface area contributed by atoms with E-state index >= 15 is 0 Å². The number of rotatable bonds is 4. The van der Waals surface area contributed by atoms with Crippen LogP contribution in [0.25, 0.3) is 0 Å². The van der Waals surface area contributed by atoms with Crippen LogP contribution in [0.5, 0.6) is 0 Å². The molecule has 0 aromatic carbocycles. The zero-order valence-corrected chi connectivity index (χ0v) is 8.13. The smallest absolute Gasteiger partial charge is 0.213 e. The number of aromatic nitrogens is 1. The van der Waals surface area contributed by atoms with Crippen LogP contribution < -0.4 is 0 Å². The highest BCUT2D eigenvalue weighted by molar-refractivity contribution is 5.76. The average molecular weight is 192 g/mol. The number of allylic oxidation sites excluding steroid dienone is 2. The maximum atomic E-state index is 12.7. The average Bonchev–Trinajstić information content (AvgIpc) is 2.17. The van der Waals surface area contributed by atoms with Crippen LogP contribution in [0.2, 0.25) is 0 Å².